The summed E-state index contributed by atoms with van der Waals surface area (Å²) in [7, 11) is 0. The molecule has 2 aromatic heterocycles. The summed E-state index contributed by atoms with van der Waals surface area (Å²) in [5.41, 5.74) is 6.42. The molecule has 7 heteroatoms. The van der Waals surface area contributed by atoms with Crippen molar-refractivity contribution in [3.8, 4) is 5.75 Å². The van der Waals surface area contributed by atoms with Gasteiger partial charge in [-0.05, 0) is 28.9 Å². The van der Waals surface area contributed by atoms with Crippen LogP contribution in [-0.4, -0.2) is 9.97 Å². The molecule has 0 bridgehead atoms. The highest BCUT2D eigenvalue weighted by Crippen LogP contribution is 2.34. The zero-order chi connectivity index (χ0) is 14.0. The summed E-state index contributed by atoms with van der Waals surface area (Å²) in [5.74, 6) is 0.766. The Hall–Kier alpha value is -1.04. The van der Waals surface area contributed by atoms with Gasteiger partial charge in [0.25, 0.3) is 0 Å². The molecule has 0 aliphatic rings. The van der Waals surface area contributed by atoms with E-state index in [4.69, 9.17) is 33.7 Å². The third-order valence-corrected chi connectivity index (χ3v) is 3.49. The van der Waals surface area contributed by atoms with Crippen LogP contribution in [0.2, 0.25) is 10.0 Å². The molecule has 4 nitrogen and oxygen atoms in total. The number of halogens is 3. The van der Waals surface area contributed by atoms with E-state index in [-0.39, 0.29) is 6.10 Å². The summed E-state index contributed by atoms with van der Waals surface area (Å²) in [6.45, 7) is 1.83. The average Bonchev–Trinajstić information content (AvgIpc) is 2.33. The number of nitrogens with two attached hydrogens (primary N) is 1. The summed E-state index contributed by atoms with van der Waals surface area (Å²) >= 11 is 15.5. The Morgan fingerprint density at radius 2 is 1.89 bits per heavy atom. The van der Waals surface area contributed by atoms with Gasteiger partial charge in [0.2, 0.25) is 0 Å². The number of nitrogen functional groups attached to an aromatic ring is 1. The molecule has 0 aliphatic heterocycles. The van der Waals surface area contributed by atoms with Gasteiger partial charge in [0, 0.05) is 28.6 Å². The van der Waals surface area contributed by atoms with Crippen LogP contribution in [0, 0.1) is 0 Å². The third kappa shape index (κ3) is 3.29. The van der Waals surface area contributed by atoms with Crippen molar-refractivity contribution in [2.45, 2.75) is 13.0 Å². The lowest BCUT2D eigenvalue weighted by atomic mass is 10.1. The van der Waals surface area contributed by atoms with Gasteiger partial charge >= 0.3 is 0 Å². The number of hydrogen-bond donors (Lipinski definition) is 1. The van der Waals surface area contributed by atoms with Gasteiger partial charge in [0.1, 0.15) is 6.10 Å². The van der Waals surface area contributed by atoms with E-state index >= 15 is 0 Å². The second-order valence-electron chi connectivity index (χ2n) is 3.81. The summed E-state index contributed by atoms with van der Waals surface area (Å²) in [5, 5.41) is 0.892. The van der Waals surface area contributed by atoms with Gasteiger partial charge in [-0.3, -0.25) is 4.98 Å². The molecule has 0 amide bonds. The van der Waals surface area contributed by atoms with E-state index in [9.17, 15) is 0 Å². The molecule has 2 heterocycles. The van der Waals surface area contributed by atoms with Gasteiger partial charge in [0.15, 0.2) is 11.6 Å². The fourth-order valence-corrected chi connectivity index (χ4v) is 2.57. The molecule has 2 N–H and O–H groups in total. The topological polar surface area (TPSA) is 61.0 Å². The third-order valence-electron chi connectivity index (χ3n) is 2.45. The van der Waals surface area contributed by atoms with Crippen LogP contribution in [0.1, 0.15) is 18.6 Å². The molecule has 0 spiro atoms. The molecular formula is C12H10BrCl2N3O. The fourth-order valence-electron chi connectivity index (χ4n) is 1.58. The smallest absolute Gasteiger partial charge is 0.166 e. The summed E-state index contributed by atoms with van der Waals surface area (Å²) in [6.07, 6.45) is 4.26. The van der Waals surface area contributed by atoms with E-state index in [0.717, 1.165) is 4.47 Å². The minimum absolute atomic E-state index is 0.302. The van der Waals surface area contributed by atoms with Gasteiger partial charge in [-0.2, -0.15) is 0 Å². The Morgan fingerprint density at radius 1 is 1.26 bits per heavy atom. The predicted octanol–water partition coefficient (Wildman–Crippen LogP) is 4.27. The van der Waals surface area contributed by atoms with Crippen molar-refractivity contribution in [2.75, 3.05) is 5.73 Å². The zero-order valence-electron chi connectivity index (χ0n) is 9.90. The van der Waals surface area contributed by atoms with Crippen molar-refractivity contribution in [3.05, 3.63) is 44.7 Å². The Morgan fingerprint density at radius 3 is 2.53 bits per heavy atom. The highest BCUT2D eigenvalue weighted by molar-refractivity contribution is 9.10. The van der Waals surface area contributed by atoms with Crippen LogP contribution in [0.25, 0.3) is 0 Å². The number of pyridine rings is 2. The van der Waals surface area contributed by atoms with E-state index in [1.165, 1.54) is 12.4 Å². The van der Waals surface area contributed by atoms with Crippen molar-refractivity contribution < 1.29 is 4.74 Å². The number of rotatable bonds is 3. The Bertz CT molecular complexity index is 589. The van der Waals surface area contributed by atoms with Crippen LogP contribution in [0.5, 0.6) is 5.75 Å². The molecular weight excluding hydrogens is 353 g/mol. The molecule has 2 rings (SSSR count). The number of aromatic nitrogens is 2. The minimum Gasteiger partial charge on any atom is -0.482 e. The second kappa shape index (κ2) is 5.94. The summed E-state index contributed by atoms with van der Waals surface area (Å²) in [4.78, 5) is 7.90. The highest BCUT2D eigenvalue weighted by Gasteiger charge is 2.17. The van der Waals surface area contributed by atoms with Gasteiger partial charge < -0.3 is 10.5 Å². The number of anilines is 1. The molecule has 0 radical (unpaired) electrons. The maximum absolute atomic E-state index is 6.08. The molecule has 2 aromatic rings. The van der Waals surface area contributed by atoms with Crippen molar-refractivity contribution >= 4 is 44.9 Å². The van der Waals surface area contributed by atoms with Crippen LogP contribution in [-0.2, 0) is 0 Å². The van der Waals surface area contributed by atoms with Crippen molar-refractivity contribution in [3.63, 3.8) is 0 Å². The first-order chi connectivity index (χ1) is 8.99. The minimum atomic E-state index is -0.374. The van der Waals surface area contributed by atoms with Crippen LogP contribution >= 0.6 is 39.1 Å². The van der Waals surface area contributed by atoms with E-state index in [2.05, 4.69) is 25.9 Å². The van der Waals surface area contributed by atoms with Crippen molar-refractivity contribution in [2.24, 2.45) is 0 Å². The largest absolute Gasteiger partial charge is 0.482 e. The van der Waals surface area contributed by atoms with Gasteiger partial charge in [-0.15, -0.1) is 0 Å². The van der Waals surface area contributed by atoms with E-state index < -0.39 is 0 Å². The molecule has 1 atom stereocenters. The fraction of sp³-hybridized carbons (Fsp3) is 0.167. The van der Waals surface area contributed by atoms with Crippen LogP contribution < -0.4 is 10.5 Å². The molecule has 0 saturated carbocycles. The first kappa shape index (κ1) is 14.4. The maximum atomic E-state index is 6.08. The Labute approximate surface area is 129 Å². The van der Waals surface area contributed by atoms with Gasteiger partial charge in [0.05, 0.1) is 10.0 Å². The monoisotopic (exact) mass is 361 g/mol. The number of hydrogen-bond acceptors (Lipinski definition) is 4. The zero-order valence-corrected chi connectivity index (χ0v) is 13.0. The van der Waals surface area contributed by atoms with Crippen molar-refractivity contribution in [1.29, 1.82) is 0 Å². The average molecular weight is 363 g/mol. The van der Waals surface area contributed by atoms with E-state index in [1.807, 2.05) is 6.92 Å². The lowest BCUT2D eigenvalue weighted by Gasteiger charge is -2.18. The lowest BCUT2D eigenvalue weighted by molar-refractivity contribution is 0.227. The van der Waals surface area contributed by atoms with Crippen LogP contribution in [0.4, 0.5) is 5.82 Å². The van der Waals surface area contributed by atoms with Gasteiger partial charge in [-0.1, -0.05) is 23.2 Å². The summed E-state index contributed by atoms with van der Waals surface area (Å²) < 4.78 is 6.53. The van der Waals surface area contributed by atoms with E-state index in [1.54, 1.807) is 12.3 Å². The second-order valence-corrected chi connectivity index (χ2v) is 5.54. The molecule has 1 unspecified atom stereocenters. The van der Waals surface area contributed by atoms with Crippen LogP contribution in [0.3, 0.4) is 0 Å². The predicted molar refractivity (Wildman–Crippen MR) is 79.6 cm³/mol. The molecule has 19 heavy (non-hydrogen) atoms. The van der Waals surface area contributed by atoms with Gasteiger partial charge in [-0.25, -0.2) is 4.98 Å². The molecule has 0 aliphatic carbocycles. The molecule has 0 fully saturated rings. The van der Waals surface area contributed by atoms with Crippen molar-refractivity contribution in [1.82, 2.24) is 9.97 Å². The first-order valence-electron chi connectivity index (χ1n) is 5.35. The first-order valence-corrected chi connectivity index (χ1v) is 6.90. The Balaban J connectivity index is 2.31. The number of nitrogens with zero attached hydrogens (tertiary/aromatic N) is 2. The quantitative estimate of drug-likeness (QED) is 0.885. The number of ether oxygens (including phenoxy) is 1. The summed E-state index contributed by atoms with van der Waals surface area (Å²) in [6, 6.07) is 1.74. The maximum Gasteiger partial charge on any atom is 0.166 e. The standard InChI is InChI=1S/C12H10BrCl2N3O/c1-6(11-8(14)4-17-5-9(11)15)19-10-2-7(13)3-18-12(10)16/h2-6H,1H3,(H2,16,18). The highest BCUT2D eigenvalue weighted by atomic mass is 79.9. The molecule has 0 saturated heterocycles. The van der Waals surface area contributed by atoms with Crippen LogP contribution in [0.15, 0.2) is 29.1 Å². The molecule has 0 aromatic carbocycles. The Kier molecular flexibility index (Phi) is 4.50. The lowest BCUT2D eigenvalue weighted by Crippen LogP contribution is -2.07. The normalized spacial score (nSPS) is 12.2. The SMILES string of the molecule is CC(Oc1cc(Br)cnc1N)c1c(Cl)cncc1Cl. The molecule has 100 valence electrons. The van der Waals surface area contributed by atoms with E-state index in [0.29, 0.717) is 27.2 Å².